The average molecular weight is 448 g/mol. The molecule has 0 aliphatic heterocycles. The molecule has 9 heteroatoms. The fourth-order valence-corrected chi connectivity index (χ4v) is 3.43. The maximum Gasteiger partial charge on any atom is 0.276 e. The molecular formula is C16H16BrClN2O4S. The van der Waals surface area contributed by atoms with Crippen molar-refractivity contribution in [3.8, 4) is 11.5 Å². The number of methoxy groups -OCH3 is 1. The van der Waals surface area contributed by atoms with Crippen LogP contribution < -0.4 is 14.3 Å². The van der Waals surface area contributed by atoms with Crippen molar-refractivity contribution in [1.29, 1.82) is 0 Å². The van der Waals surface area contributed by atoms with Gasteiger partial charge in [-0.15, -0.1) is 0 Å². The number of hydrogen-bond donors (Lipinski definition) is 1. The van der Waals surface area contributed by atoms with Gasteiger partial charge in [0.05, 0.1) is 29.3 Å². The third kappa shape index (κ3) is 5.10. The zero-order chi connectivity index (χ0) is 18.4. The average Bonchev–Trinajstić information content (AvgIpc) is 2.57. The van der Waals surface area contributed by atoms with Crippen LogP contribution in [-0.2, 0) is 10.0 Å². The van der Waals surface area contributed by atoms with Crippen LogP contribution in [0.5, 0.6) is 11.5 Å². The smallest absolute Gasteiger partial charge is 0.276 e. The van der Waals surface area contributed by atoms with Crippen molar-refractivity contribution in [3.05, 3.63) is 51.5 Å². The number of ether oxygens (including phenoxy) is 2. The fraction of sp³-hybridized carbons (Fsp3) is 0.188. The summed E-state index contributed by atoms with van der Waals surface area (Å²) >= 11 is 9.15. The summed E-state index contributed by atoms with van der Waals surface area (Å²) in [5.74, 6) is 1.09. The first-order valence-corrected chi connectivity index (χ1v) is 9.83. The van der Waals surface area contributed by atoms with E-state index in [9.17, 15) is 8.42 Å². The lowest BCUT2D eigenvalue weighted by Crippen LogP contribution is -2.18. The van der Waals surface area contributed by atoms with Gasteiger partial charge >= 0.3 is 0 Å². The van der Waals surface area contributed by atoms with Gasteiger partial charge in [-0.05, 0) is 64.8 Å². The number of hydrazone groups is 1. The van der Waals surface area contributed by atoms with E-state index in [1.165, 1.54) is 37.6 Å². The van der Waals surface area contributed by atoms with Gasteiger partial charge in [0.2, 0.25) is 0 Å². The van der Waals surface area contributed by atoms with Crippen molar-refractivity contribution in [2.75, 3.05) is 13.7 Å². The van der Waals surface area contributed by atoms with Crippen LogP contribution in [0.2, 0.25) is 5.02 Å². The minimum Gasteiger partial charge on any atom is -0.493 e. The lowest BCUT2D eigenvalue weighted by molar-refractivity contribution is 0.309. The van der Waals surface area contributed by atoms with Gasteiger partial charge < -0.3 is 9.47 Å². The first-order chi connectivity index (χ1) is 11.9. The maximum atomic E-state index is 12.1. The molecule has 25 heavy (non-hydrogen) atoms. The van der Waals surface area contributed by atoms with Crippen LogP contribution in [-0.4, -0.2) is 28.3 Å². The van der Waals surface area contributed by atoms with E-state index in [2.05, 4.69) is 25.9 Å². The molecule has 0 aromatic heterocycles. The first kappa shape index (κ1) is 19.6. The summed E-state index contributed by atoms with van der Waals surface area (Å²) in [6.45, 7) is 2.36. The number of nitrogens with one attached hydrogen (secondary N) is 1. The van der Waals surface area contributed by atoms with Crippen molar-refractivity contribution in [3.63, 3.8) is 0 Å². The van der Waals surface area contributed by atoms with E-state index in [0.29, 0.717) is 33.2 Å². The second kappa shape index (κ2) is 8.55. The van der Waals surface area contributed by atoms with Crippen LogP contribution in [0.25, 0.3) is 0 Å². The van der Waals surface area contributed by atoms with Crippen molar-refractivity contribution >= 4 is 43.8 Å². The Balaban J connectivity index is 2.19. The summed E-state index contributed by atoms with van der Waals surface area (Å²) in [4.78, 5) is 2.22. The molecule has 0 heterocycles. The summed E-state index contributed by atoms with van der Waals surface area (Å²) in [6, 6.07) is 9.22. The van der Waals surface area contributed by atoms with Crippen LogP contribution in [0.1, 0.15) is 12.5 Å². The Morgan fingerprint density at radius 3 is 2.56 bits per heavy atom. The summed E-state index contributed by atoms with van der Waals surface area (Å²) in [5.41, 5.74) is 0.631. The Morgan fingerprint density at radius 2 is 1.96 bits per heavy atom. The summed E-state index contributed by atoms with van der Waals surface area (Å²) < 4.78 is 35.7. The quantitative estimate of drug-likeness (QED) is 0.517. The van der Waals surface area contributed by atoms with Gasteiger partial charge in [0, 0.05) is 5.02 Å². The molecule has 0 aliphatic carbocycles. The van der Waals surface area contributed by atoms with Crippen molar-refractivity contribution in [2.24, 2.45) is 5.10 Å². The van der Waals surface area contributed by atoms with E-state index >= 15 is 0 Å². The molecule has 0 unspecified atom stereocenters. The molecule has 2 aromatic rings. The Bertz CT molecular complexity index is 870. The van der Waals surface area contributed by atoms with Crippen LogP contribution in [0.15, 0.2) is 50.9 Å². The third-order valence-corrected chi connectivity index (χ3v) is 5.13. The van der Waals surface area contributed by atoms with E-state index < -0.39 is 10.0 Å². The zero-order valence-corrected chi connectivity index (χ0v) is 16.7. The molecule has 0 radical (unpaired) electrons. The van der Waals surface area contributed by atoms with Gasteiger partial charge in [-0.25, -0.2) is 4.83 Å². The third-order valence-electron chi connectivity index (χ3n) is 3.05. The molecule has 134 valence electrons. The largest absolute Gasteiger partial charge is 0.493 e. The summed E-state index contributed by atoms with van der Waals surface area (Å²) in [6.07, 6.45) is 1.37. The molecule has 0 bridgehead atoms. The lowest BCUT2D eigenvalue weighted by atomic mass is 10.2. The minimum absolute atomic E-state index is 0.0690. The molecule has 1 N–H and O–H groups in total. The number of rotatable bonds is 7. The van der Waals surface area contributed by atoms with Gasteiger partial charge in [0.15, 0.2) is 11.5 Å². The molecule has 0 amide bonds. The van der Waals surface area contributed by atoms with E-state index in [0.717, 1.165) is 0 Å². The normalized spacial score (nSPS) is 11.5. The predicted octanol–water partition coefficient (Wildman–Crippen LogP) is 3.82. The molecule has 0 atom stereocenters. The van der Waals surface area contributed by atoms with E-state index in [1.807, 2.05) is 6.92 Å². The maximum absolute atomic E-state index is 12.1. The highest BCUT2D eigenvalue weighted by Crippen LogP contribution is 2.36. The highest BCUT2D eigenvalue weighted by molar-refractivity contribution is 9.10. The van der Waals surface area contributed by atoms with Gasteiger partial charge in [0.25, 0.3) is 10.0 Å². The molecule has 2 aromatic carbocycles. The van der Waals surface area contributed by atoms with Gasteiger partial charge in [-0.2, -0.15) is 13.5 Å². The minimum atomic E-state index is -3.76. The molecule has 0 spiro atoms. The van der Waals surface area contributed by atoms with Crippen molar-refractivity contribution in [2.45, 2.75) is 11.8 Å². The van der Waals surface area contributed by atoms with Crippen molar-refractivity contribution in [1.82, 2.24) is 4.83 Å². The van der Waals surface area contributed by atoms with E-state index in [4.69, 9.17) is 21.1 Å². The zero-order valence-electron chi connectivity index (χ0n) is 13.5. The first-order valence-electron chi connectivity index (χ1n) is 7.18. The molecule has 2 rings (SSSR count). The standard InChI is InChI=1S/C16H16BrClN2O4S/c1-3-24-16-14(17)8-11(9-15(16)23-2)10-19-20-25(21,22)13-6-4-12(18)5-7-13/h4-10,20H,3H2,1-2H3/b19-10+. The molecular weight excluding hydrogens is 432 g/mol. The second-order valence-corrected chi connectivity index (χ2v) is 7.73. The Morgan fingerprint density at radius 1 is 1.28 bits per heavy atom. The SMILES string of the molecule is CCOc1c(Br)cc(/C=N/NS(=O)(=O)c2ccc(Cl)cc2)cc1OC. The number of benzene rings is 2. The monoisotopic (exact) mass is 446 g/mol. The van der Waals surface area contributed by atoms with Crippen LogP contribution in [0, 0.1) is 0 Å². The van der Waals surface area contributed by atoms with Crippen LogP contribution in [0.4, 0.5) is 0 Å². The highest BCUT2D eigenvalue weighted by atomic mass is 79.9. The molecule has 0 aliphatic rings. The fourth-order valence-electron chi connectivity index (χ4n) is 1.94. The predicted molar refractivity (Wildman–Crippen MR) is 101 cm³/mol. The van der Waals surface area contributed by atoms with Gasteiger partial charge in [-0.1, -0.05) is 11.6 Å². The van der Waals surface area contributed by atoms with E-state index in [1.54, 1.807) is 12.1 Å². The molecule has 0 saturated heterocycles. The lowest BCUT2D eigenvalue weighted by Gasteiger charge is -2.12. The molecule has 0 saturated carbocycles. The van der Waals surface area contributed by atoms with Crippen LogP contribution in [0.3, 0.4) is 0 Å². The molecule has 6 nitrogen and oxygen atoms in total. The van der Waals surface area contributed by atoms with Gasteiger partial charge in [0.1, 0.15) is 0 Å². The second-order valence-electron chi connectivity index (χ2n) is 4.77. The van der Waals surface area contributed by atoms with E-state index in [-0.39, 0.29) is 4.90 Å². The van der Waals surface area contributed by atoms with Crippen LogP contribution >= 0.6 is 27.5 Å². The summed E-state index contributed by atoms with van der Waals surface area (Å²) in [7, 11) is -2.24. The molecule has 0 fully saturated rings. The number of sulfonamides is 1. The Kier molecular flexibility index (Phi) is 6.69. The Labute approximate surface area is 160 Å². The Hall–Kier alpha value is -1.77. The highest BCUT2D eigenvalue weighted by Gasteiger charge is 2.13. The van der Waals surface area contributed by atoms with Crippen molar-refractivity contribution < 1.29 is 17.9 Å². The number of nitrogens with zero attached hydrogens (tertiary/aromatic N) is 1. The topological polar surface area (TPSA) is 77.0 Å². The number of halogens is 2. The number of hydrogen-bond acceptors (Lipinski definition) is 5. The summed E-state index contributed by atoms with van der Waals surface area (Å²) in [5, 5.41) is 4.24. The van der Waals surface area contributed by atoms with Gasteiger partial charge in [-0.3, -0.25) is 0 Å².